The summed E-state index contributed by atoms with van der Waals surface area (Å²) in [5.74, 6) is -0.522. The minimum Gasteiger partial charge on any atom is -0.465 e. The lowest BCUT2D eigenvalue weighted by Gasteiger charge is -2.20. The van der Waals surface area contributed by atoms with Crippen molar-refractivity contribution >= 4 is 40.6 Å². The van der Waals surface area contributed by atoms with Gasteiger partial charge in [-0.3, -0.25) is 0 Å². The summed E-state index contributed by atoms with van der Waals surface area (Å²) in [4.78, 5) is 17.0. The number of esters is 1. The van der Waals surface area contributed by atoms with Crippen molar-refractivity contribution in [3.8, 4) is 0 Å². The van der Waals surface area contributed by atoms with E-state index in [9.17, 15) is 9.90 Å². The molecule has 0 aliphatic rings. The van der Waals surface area contributed by atoms with E-state index in [2.05, 4.69) is 11.1 Å². The second-order valence-corrected chi connectivity index (χ2v) is 8.16. The van der Waals surface area contributed by atoms with Crippen LogP contribution in [0, 0.1) is 0 Å². The number of carbonyl (C=O) groups is 1. The van der Waals surface area contributed by atoms with E-state index in [1.807, 2.05) is 78.9 Å². The van der Waals surface area contributed by atoms with Crippen molar-refractivity contribution in [2.75, 3.05) is 13.7 Å². The molecule has 1 heterocycles. The minimum atomic E-state index is -0.382. The van der Waals surface area contributed by atoms with Gasteiger partial charge < -0.3 is 9.84 Å². The number of hydrogen-bond donors (Lipinski definition) is 1. The van der Waals surface area contributed by atoms with Crippen molar-refractivity contribution in [3.63, 3.8) is 0 Å². The van der Waals surface area contributed by atoms with E-state index in [-0.39, 0.29) is 18.5 Å². The molecule has 0 saturated heterocycles. The van der Waals surface area contributed by atoms with Crippen LogP contribution in [-0.4, -0.2) is 29.8 Å². The zero-order valence-electron chi connectivity index (χ0n) is 18.2. The molecular weight excluding hydrogens is 434 g/mol. The number of pyridine rings is 1. The van der Waals surface area contributed by atoms with Crippen LogP contribution in [0.2, 0.25) is 5.02 Å². The van der Waals surface area contributed by atoms with Gasteiger partial charge in [-0.05, 0) is 53.5 Å². The van der Waals surface area contributed by atoms with Gasteiger partial charge in [-0.1, -0.05) is 72.3 Å². The lowest BCUT2D eigenvalue weighted by atomic mass is 9.85. The Morgan fingerprint density at radius 1 is 1.03 bits per heavy atom. The molecule has 1 unspecified atom stereocenters. The van der Waals surface area contributed by atoms with Crippen LogP contribution < -0.4 is 0 Å². The van der Waals surface area contributed by atoms with Crippen LogP contribution >= 0.6 is 11.6 Å². The number of methoxy groups -OCH3 is 1. The van der Waals surface area contributed by atoms with E-state index >= 15 is 0 Å². The molecule has 0 radical (unpaired) electrons. The third-order valence-electron chi connectivity index (χ3n) is 5.59. The molecule has 33 heavy (non-hydrogen) atoms. The lowest BCUT2D eigenvalue weighted by Crippen LogP contribution is -2.11. The maximum atomic E-state index is 12.3. The second-order valence-electron chi connectivity index (χ2n) is 7.72. The van der Waals surface area contributed by atoms with Crippen molar-refractivity contribution < 1.29 is 14.6 Å². The van der Waals surface area contributed by atoms with Crippen molar-refractivity contribution in [2.24, 2.45) is 0 Å². The van der Waals surface area contributed by atoms with Crippen LogP contribution in [0.15, 0.2) is 78.9 Å². The van der Waals surface area contributed by atoms with E-state index < -0.39 is 0 Å². The zero-order chi connectivity index (χ0) is 23.2. The summed E-state index contributed by atoms with van der Waals surface area (Å²) < 4.78 is 4.96. The Morgan fingerprint density at radius 3 is 2.67 bits per heavy atom. The number of benzene rings is 3. The summed E-state index contributed by atoms with van der Waals surface area (Å²) in [6.45, 7) is 0.00378. The van der Waals surface area contributed by atoms with Crippen LogP contribution in [0.25, 0.3) is 23.1 Å². The van der Waals surface area contributed by atoms with Gasteiger partial charge in [0.15, 0.2) is 0 Å². The summed E-state index contributed by atoms with van der Waals surface area (Å²) in [6, 6.07) is 25.1. The van der Waals surface area contributed by atoms with Crippen LogP contribution in [0.3, 0.4) is 0 Å². The molecule has 0 fully saturated rings. The maximum Gasteiger partial charge on any atom is 0.338 e. The summed E-state index contributed by atoms with van der Waals surface area (Å²) >= 11 is 6.10. The van der Waals surface area contributed by atoms with Gasteiger partial charge in [0, 0.05) is 22.9 Å². The van der Waals surface area contributed by atoms with E-state index in [4.69, 9.17) is 16.3 Å². The first-order valence-corrected chi connectivity index (χ1v) is 11.1. The smallest absolute Gasteiger partial charge is 0.338 e. The van der Waals surface area contributed by atoms with Gasteiger partial charge in [-0.15, -0.1) is 0 Å². The minimum absolute atomic E-state index is 0.00378. The summed E-state index contributed by atoms with van der Waals surface area (Å²) in [5, 5.41) is 11.4. The molecule has 1 atom stereocenters. The van der Waals surface area contributed by atoms with Crippen molar-refractivity contribution in [1.82, 2.24) is 4.98 Å². The number of rotatable bonds is 7. The predicted octanol–water partition coefficient (Wildman–Crippen LogP) is 6.36. The van der Waals surface area contributed by atoms with Crippen molar-refractivity contribution in [1.29, 1.82) is 0 Å². The van der Waals surface area contributed by atoms with Crippen molar-refractivity contribution in [2.45, 2.75) is 12.3 Å². The molecule has 3 aromatic carbocycles. The maximum absolute atomic E-state index is 12.3. The highest BCUT2D eigenvalue weighted by molar-refractivity contribution is 6.31. The highest BCUT2D eigenvalue weighted by Crippen LogP contribution is 2.31. The first kappa shape index (κ1) is 22.7. The van der Waals surface area contributed by atoms with Gasteiger partial charge in [0.2, 0.25) is 0 Å². The van der Waals surface area contributed by atoms with E-state index in [0.717, 1.165) is 33.3 Å². The molecule has 0 aliphatic carbocycles. The van der Waals surface area contributed by atoms with E-state index in [1.165, 1.54) is 7.11 Å². The Kier molecular flexibility index (Phi) is 7.18. The average molecular weight is 458 g/mol. The normalized spacial score (nSPS) is 12.2. The van der Waals surface area contributed by atoms with Crippen LogP contribution in [0.4, 0.5) is 0 Å². The van der Waals surface area contributed by atoms with Crippen molar-refractivity contribution in [3.05, 3.63) is 112 Å². The molecule has 4 rings (SSSR count). The number of aliphatic hydroxyl groups excluding tert-OH is 1. The number of fused-ring (bicyclic) bond motifs is 1. The Morgan fingerprint density at radius 2 is 1.85 bits per heavy atom. The first-order valence-electron chi connectivity index (χ1n) is 10.7. The molecule has 0 aliphatic heterocycles. The highest BCUT2D eigenvalue weighted by Gasteiger charge is 2.21. The second kappa shape index (κ2) is 10.4. The highest BCUT2D eigenvalue weighted by atomic mass is 35.5. The number of aromatic nitrogens is 1. The van der Waals surface area contributed by atoms with Crippen LogP contribution in [0.5, 0.6) is 0 Å². The van der Waals surface area contributed by atoms with E-state index in [1.54, 1.807) is 6.07 Å². The topological polar surface area (TPSA) is 59.4 Å². The number of ether oxygens (including phenoxy) is 1. The first-order chi connectivity index (χ1) is 16.1. The lowest BCUT2D eigenvalue weighted by molar-refractivity contribution is 0.0599. The average Bonchev–Trinajstić information content (AvgIpc) is 2.85. The van der Waals surface area contributed by atoms with Gasteiger partial charge >= 0.3 is 5.97 Å². The molecule has 0 bridgehead atoms. The molecule has 166 valence electrons. The Bertz CT molecular complexity index is 1320. The Balaban J connectivity index is 1.66. The largest absolute Gasteiger partial charge is 0.465 e. The van der Waals surface area contributed by atoms with Gasteiger partial charge in [0.25, 0.3) is 0 Å². The molecule has 0 amide bonds. The molecule has 1 N–H and O–H groups in total. The van der Waals surface area contributed by atoms with Crippen LogP contribution in [-0.2, 0) is 4.74 Å². The molecule has 4 nitrogen and oxygen atoms in total. The summed E-state index contributed by atoms with van der Waals surface area (Å²) in [6.07, 6.45) is 4.46. The third kappa shape index (κ3) is 5.30. The molecule has 1 aromatic heterocycles. The fourth-order valence-corrected chi connectivity index (χ4v) is 4.15. The number of carbonyl (C=O) groups excluding carboxylic acids is 1. The van der Waals surface area contributed by atoms with Gasteiger partial charge in [-0.2, -0.15) is 0 Å². The number of hydrogen-bond acceptors (Lipinski definition) is 4. The monoisotopic (exact) mass is 457 g/mol. The van der Waals surface area contributed by atoms with Gasteiger partial charge in [0.1, 0.15) is 0 Å². The SMILES string of the molecule is COC(=O)c1ccccc1C(CCO)c1cccc(C=Cc2ccc3ccc(Cl)cc3n2)c1. The summed E-state index contributed by atoms with van der Waals surface area (Å²) in [7, 11) is 1.38. The Labute approximate surface area is 198 Å². The van der Waals surface area contributed by atoms with E-state index in [0.29, 0.717) is 17.0 Å². The molecule has 5 heteroatoms. The van der Waals surface area contributed by atoms with Gasteiger partial charge in [0.05, 0.1) is 23.9 Å². The zero-order valence-corrected chi connectivity index (χ0v) is 19.0. The quantitative estimate of drug-likeness (QED) is 0.328. The Hall–Kier alpha value is -3.47. The number of nitrogens with zero attached hydrogens (tertiary/aromatic N) is 1. The molecule has 0 saturated carbocycles. The fraction of sp³-hybridized carbons (Fsp3) is 0.143. The standard InChI is InChI=1S/C28H24ClNO3/c1-33-28(32)26-8-3-2-7-25(26)24(15-16-31)21-6-4-5-19(17-21)9-13-23-14-11-20-10-12-22(29)18-27(20)30-23/h2-14,17-18,24,31H,15-16H2,1H3. The van der Waals surface area contributed by atoms with Gasteiger partial charge in [-0.25, -0.2) is 9.78 Å². The third-order valence-corrected chi connectivity index (χ3v) is 5.83. The fourth-order valence-electron chi connectivity index (χ4n) is 3.99. The molecule has 4 aromatic rings. The number of aliphatic hydroxyl groups is 1. The number of halogens is 1. The molecular formula is C28H24ClNO3. The summed E-state index contributed by atoms with van der Waals surface area (Å²) in [5.41, 5.74) is 5.05. The predicted molar refractivity (Wildman–Crippen MR) is 133 cm³/mol. The molecule has 0 spiro atoms. The van der Waals surface area contributed by atoms with Crippen LogP contribution in [0.1, 0.15) is 45.1 Å².